The zero-order chi connectivity index (χ0) is 12.6. The van der Waals surface area contributed by atoms with Gasteiger partial charge in [-0.25, -0.2) is 4.98 Å². The maximum atomic E-state index is 6.50. The van der Waals surface area contributed by atoms with Crippen LogP contribution < -0.4 is 5.73 Å². The zero-order valence-corrected chi connectivity index (χ0v) is 10.8. The third-order valence-electron chi connectivity index (χ3n) is 3.81. The number of hydrogen-bond acceptors (Lipinski definition) is 4. The number of fused-ring (bicyclic) bond motifs is 1. The largest absolute Gasteiger partial charge is 0.437 e. The monoisotopic (exact) mass is 245 g/mol. The smallest absolute Gasteiger partial charge is 0.217 e. The molecule has 0 amide bonds. The fourth-order valence-corrected chi connectivity index (χ4v) is 2.70. The highest BCUT2D eigenvalue weighted by atomic mass is 16.4. The predicted octanol–water partition coefficient (Wildman–Crippen LogP) is 3.04. The van der Waals surface area contributed by atoms with Crippen molar-refractivity contribution in [1.82, 2.24) is 9.97 Å². The SMILES string of the molecule is Cc1ccc2oc(C3(N)CCCCCC3)nc2n1. The highest BCUT2D eigenvalue weighted by molar-refractivity contribution is 5.67. The van der Waals surface area contributed by atoms with E-state index in [1.807, 2.05) is 19.1 Å². The van der Waals surface area contributed by atoms with Crippen molar-refractivity contribution in [2.75, 3.05) is 0 Å². The average molecular weight is 245 g/mol. The molecular formula is C14H19N3O. The molecule has 0 aromatic carbocycles. The molecule has 0 atom stereocenters. The lowest BCUT2D eigenvalue weighted by atomic mass is 9.91. The van der Waals surface area contributed by atoms with Gasteiger partial charge in [0.2, 0.25) is 5.89 Å². The Balaban J connectivity index is 2.02. The van der Waals surface area contributed by atoms with Gasteiger partial charge >= 0.3 is 0 Å². The predicted molar refractivity (Wildman–Crippen MR) is 70.1 cm³/mol. The normalized spacial score (nSPS) is 19.9. The lowest BCUT2D eigenvalue weighted by Gasteiger charge is -2.23. The van der Waals surface area contributed by atoms with Crippen molar-refractivity contribution < 1.29 is 4.42 Å². The summed E-state index contributed by atoms with van der Waals surface area (Å²) in [7, 11) is 0. The van der Waals surface area contributed by atoms with Crippen LogP contribution in [0.4, 0.5) is 0 Å². The van der Waals surface area contributed by atoms with E-state index < -0.39 is 5.54 Å². The van der Waals surface area contributed by atoms with E-state index >= 15 is 0 Å². The van der Waals surface area contributed by atoms with Crippen molar-refractivity contribution in [3.05, 3.63) is 23.7 Å². The second-order valence-corrected chi connectivity index (χ2v) is 5.36. The molecule has 0 bridgehead atoms. The van der Waals surface area contributed by atoms with Gasteiger partial charge in [-0.1, -0.05) is 25.7 Å². The molecule has 1 aliphatic carbocycles. The quantitative estimate of drug-likeness (QED) is 0.784. The van der Waals surface area contributed by atoms with Gasteiger partial charge in [-0.15, -0.1) is 0 Å². The zero-order valence-electron chi connectivity index (χ0n) is 10.8. The van der Waals surface area contributed by atoms with Crippen LogP contribution in [0.2, 0.25) is 0 Å². The minimum absolute atomic E-state index is 0.398. The molecule has 0 aliphatic heterocycles. The summed E-state index contributed by atoms with van der Waals surface area (Å²) in [6.07, 6.45) is 6.74. The third kappa shape index (κ3) is 2.01. The number of aryl methyl sites for hydroxylation is 1. The van der Waals surface area contributed by atoms with Crippen LogP contribution in [0.5, 0.6) is 0 Å². The second kappa shape index (κ2) is 4.35. The molecule has 1 fully saturated rings. The number of rotatable bonds is 1. The van der Waals surface area contributed by atoms with E-state index in [1.165, 1.54) is 12.8 Å². The Hall–Kier alpha value is -1.42. The third-order valence-corrected chi connectivity index (χ3v) is 3.81. The molecule has 0 unspecified atom stereocenters. The van der Waals surface area contributed by atoms with Gasteiger partial charge in [0, 0.05) is 5.69 Å². The molecule has 0 spiro atoms. The molecule has 2 aromatic heterocycles. The molecule has 4 heteroatoms. The highest BCUT2D eigenvalue weighted by Gasteiger charge is 2.33. The Kier molecular flexibility index (Phi) is 2.82. The molecular weight excluding hydrogens is 226 g/mol. The van der Waals surface area contributed by atoms with Crippen molar-refractivity contribution in [3.63, 3.8) is 0 Å². The van der Waals surface area contributed by atoms with Crippen LogP contribution in [0.15, 0.2) is 16.5 Å². The molecule has 0 saturated heterocycles. The van der Waals surface area contributed by atoms with E-state index in [-0.39, 0.29) is 0 Å². The second-order valence-electron chi connectivity index (χ2n) is 5.36. The summed E-state index contributed by atoms with van der Waals surface area (Å²) in [6.45, 7) is 1.96. The molecule has 96 valence electrons. The maximum Gasteiger partial charge on any atom is 0.217 e. The van der Waals surface area contributed by atoms with Crippen LogP contribution in [0, 0.1) is 6.92 Å². The summed E-state index contributed by atoms with van der Waals surface area (Å²) >= 11 is 0. The van der Waals surface area contributed by atoms with E-state index in [4.69, 9.17) is 10.2 Å². The lowest BCUT2D eigenvalue weighted by Crippen LogP contribution is -2.36. The molecule has 4 nitrogen and oxygen atoms in total. The van der Waals surface area contributed by atoms with Crippen LogP contribution in [0.3, 0.4) is 0 Å². The molecule has 18 heavy (non-hydrogen) atoms. The van der Waals surface area contributed by atoms with Gasteiger partial charge < -0.3 is 10.2 Å². The minimum atomic E-state index is -0.398. The first-order valence-electron chi connectivity index (χ1n) is 6.71. The lowest BCUT2D eigenvalue weighted by molar-refractivity contribution is 0.301. The van der Waals surface area contributed by atoms with Gasteiger partial charge in [0.05, 0.1) is 5.54 Å². The van der Waals surface area contributed by atoms with E-state index in [1.54, 1.807) is 0 Å². The molecule has 1 aliphatic rings. The molecule has 3 rings (SSSR count). The van der Waals surface area contributed by atoms with E-state index in [0.717, 1.165) is 37.0 Å². The Morgan fingerprint density at radius 3 is 2.56 bits per heavy atom. The van der Waals surface area contributed by atoms with E-state index in [0.29, 0.717) is 11.5 Å². The standard InChI is InChI=1S/C14H19N3O/c1-10-6-7-11-12(16-10)17-13(18-11)14(15)8-4-2-3-5-9-14/h6-7H,2-5,8-9,15H2,1H3. The van der Waals surface area contributed by atoms with E-state index in [2.05, 4.69) is 9.97 Å². The van der Waals surface area contributed by atoms with E-state index in [9.17, 15) is 0 Å². The average Bonchev–Trinajstić information content (AvgIpc) is 2.65. The number of oxazole rings is 1. The van der Waals surface area contributed by atoms with Crippen LogP contribution in [0.1, 0.15) is 50.1 Å². The van der Waals surface area contributed by atoms with Crippen LogP contribution >= 0.6 is 0 Å². The summed E-state index contributed by atoms with van der Waals surface area (Å²) in [6, 6.07) is 3.86. The summed E-state index contributed by atoms with van der Waals surface area (Å²) in [5.74, 6) is 0.664. The molecule has 2 aromatic rings. The molecule has 2 heterocycles. The van der Waals surface area contributed by atoms with Gasteiger partial charge in [-0.3, -0.25) is 0 Å². The van der Waals surface area contributed by atoms with Gasteiger partial charge in [0.25, 0.3) is 0 Å². The van der Waals surface area contributed by atoms with Crippen LogP contribution in [0.25, 0.3) is 11.2 Å². The number of nitrogens with zero attached hydrogens (tertiary/aromatic N) is 2. The van der Waals surface area contributed by atoms with Gasteiger partial charge in [0.15, 0.2) is 11.2 Å². The number of hydrogen-bond donors (Lipinski definition) is 1. The highest BCUT2D eigenvalue weighted by Crippen LogP contribution is 2.34. The fraction of sp³-hybridized carbons (Fsp3) is 0.571. The minimum Gasteiger partial charge on any atom is -0.437 e. The fourth-order valence-electron chi connectivity index (χ4n) is 2.70. The number of aromatic nitrogens is 2. The first-order chi connectivity index (χ1) is 8.67. The Bertz CT molecular complexity index is 553. The summed E-state index contributed by atoms with van der Waals surface area (Å²) in [4.78, 5) is 8.89. The summed E-state index contributed by atoms with van der Waals surface area (Å²) in [5.41, 5.74) is 8.47. The Morgan fingerprint density at radius 2 is 1.83 bits per heavy atom. The Morgan fingerprint density at radius 1 is 1.11 bits per heavy atom. The first kappa shape index (κ1) is 11.7. The topological polar surface area (TPSA) is 64.9 Å². The van der Waals surface area contributed by atoms with Crippen LogP contribution in [-0.2, 0) is 5.54 Å². The number of pyridine rings is 1. The van der Waals surface area contributed by atoms with Crippen molar-refractivity contribution in [1.29, 1.82) is 0 Å². The Labute approximate surface area is 107 Å². The van der Waals surface area contributed by atoms with Crippen molar-refractivity contribution in [2.24, 2.45) is 5.73 Å². The summed E-state index contributed by atoms with van der Waals surface area (Å²) in [5, 5.41) is 0. The van der Waals surface area contributed by atoms with Crippen molar-refractivity contribution >= 4 is 11.2 Å². The first-order valence-corrected chi connectivity index (χ1v) is 6.71. The van der Waals surface area contributed by atoms with Gasteiger partial charge in [-0.2, -0.15) is 4.98 Å². The molecule has 2 N–H and O–H groups in total. The van der Waals surface area contributed by atoms with Crippen molar-refractivity contribution in [2.45, 2.75) is 51.0 Å². The van der Waals surface area contributed by atoms with Gasteiger partial charge in [0.1, 0.15) is 0 Å². The van der Waals surface area contributed by atoms with Crippen LogP contribution in [-0.4, -0.2) is 9.97 Å². The number of nitrogens with two attached hydrogens (primary N) is 1. The molecule has 1 saturated carbocycles. The van der Waals surface area contributed by atoms with Gasteiger partial charge in [-0.05, 0) is 31.9 Å². The van der Waals surface area contributed by atoms with Crippen molar-refractivity contribution in [3.8, 4) is 0 Å². The molecule has 0 radical (unpaired) electrons. The summed E-state index contributed by atoms with van der Waals surface area (Å²) < 4.78 is 5.82. The maximum absolute atomic E-state index is 6.50.